The number of carbonyl (C=O) groups excluding carboxylic acids is 4. The molecule has 3 amide bonds. The first-order valence-corrected chi connectivity index (χ1v) is 14.4. The fourth-order valence-electron chi connectivity index (χ4n) is 4.32. The summed E-state index contributed by atoms with van der Waals surface area (Å²) >= 11 is 0. The number of amides is 3. The smallest absolute Gasteiger partial charge is 0.408 e. The lowest BCUT2D eigenvalue weighted by Crippen LogP contribution is -2.54. The summed E-state index contributed by atoms with van der Waals surface area (Å²) < 4.78 is 10.5. The Morgan fingerprint density at radius 1 is 0.902 bits per heavy atom. The molecule has 0 aliphatic rings. The Hall–Kier alpha value is -3.88. The van der Waals surface area contributed by atoms with Crippen LogP contribution in [-0.2, 0) is 30.3 Å². The highest BCUT2D eigenvalue weighted by Crippen LogP contribution is 2.24. The molecule has 2 aromatic carbocycles. The van der Waals surface area contributed by atoms with Crippen LogP contribution in [0.1, 0.15) is 77.5 Å². The molecule has 2 aromatic rings. The number of carbonyl (C=O) groups is 4. The zero-order chi connectivity index (χ0) is 30.3. The number of esters is 1. The Bertz CT molecular complexity index is 1100. The summed E-state index contributed by atoms with van der Waals surface area (Å²) in [6.07, 6.45) is 1.98. The Morgan fingerprint density at radius 2 is 1.54 bits per heavy atom. The first kappa shape index (κ1) is 33.3. The maximum absolute atomic E-state index is 14.3. The lowest BCUT2D eigenvalue weighted by atomic mass is 9.99. The van der Waals surface area contributed by atoms with E-state index in [-0.39, 0.29) is 26.0 Å². The second kappa shape index (κ2) is 17.0. The lowest BCUT2D eigenvalue weighted by molar-refractivity contribution is -0.144. The Morgan fingerprint density at radius 3 is 2.12 bits per heavy atom. The Labute approximate surface area is 244 Å². The number of nitrogens with zero attached hydrogens (tertiary/aromatic N) is 1. The minimum Gasteiger partial charge on any atom is -0.466 e. The van der Waals surface area contributed by atoms with E-state index in [4.69, 9.17) is 9.47 Å². The van der Waals surface area contributed by atoms with E-state index in [2.05, 4.69) is 17.6 Å². The molecule has 2 atom stereocenters. The molecule has 9 nitrogen and oxygen atoms in total. The molecule has 0 aliphatic heterocycles. The molecule has 0 aromatic heterocycles. The van der Waals surface area contributed by atoms with Gasteiger partial charge in [-0.15, -0.1) is 0 Å². The van der Waals surface area contributed by atoms with Crippen molar-refractivity contribution in [3.8, 4) is 0 Å². The van der Waals surface area contributed by atoms with Gasteiger partial charge in [-0.3, -0.25) is 14.4 Å². The minimum atomic E-state index is -0.979. The summed E-state index contributed by atoms with van der Waals surface area (Å²) in [6, 6.07) is 16.5. The van der Waals surface area contributed by atoms with Gasteiger partial charge >= 0.3 is 12.1 Å². The highest BCUT2D eigenvalue weighted by Gasteiger charge is 2.36. The maximum Gasteiger partial charge on any atom is 0.408 e. The second-order valence-corrected chi connectivity index (χ2v) is 10.8. The van der Waals surface area contributed by atoms with Gasteiger partial charge in [-0.25, -0.2) is 4.79 Å². The standard InChI is InChI=1S/C32H45N3O6/c1-6-8-15-22-35(28(25-18-13-10-14-19-25)29(37)33-21-20-27(36)40-7-2)30(38)26(23-24-16-11-9-12-17-24)34-31(39)41-32(3,4)5/h9-14,16-19,26,28H,6-8,15,20-23H2,1-5H3,(H,33,37)(H,34,39). The number of ether oxygens (including phenoxy) is 2. The molecular formula is C32H45N3O6. The third kappa shape index (κ3) is 12.0. The second-order valence-electron chi connectivity index (χ2n) is 10.8. The fraction of sp³-hybridized carbons (Fsp3) is 0.500. The van der Waals surface area contributed by atoms with Gasteiger partial charge in [0.25, 0.3) is 0 Å². The number of nitrogens with one attached hydrogen (secondary N) is 2. The molecular weight excluding hydrogens is 522 g/mol. The molecule has 0 heterocycles. The largest absolute Gasteiger partial charge is 0.466 e. The van der Waals surface area contributed by atoms with Crippen LogP contribution in [0.15, 0.2) is 60.7 Å². The van der Waals surface area contributed by atoms with E-state index in [1.54, 1.807) is 39.8 Å². The van der Waals surface area contributed by atoms with Gasteiger partial charge in [-0.05, 0) is 45.2 Å². The zero-order valence-electron chi connectivity index (χ0n) is 25.0. The molecule has 41 heavy (non-hydrogen) atoms. The van der Waals surface area contributed by atoms with Crippen LogP contribution in [-0.4, -0.2) is 60.1 Å². The Balaban J connectivity index is 2.45. The fourth-order valence-corrected chi connectivity index (χ4v) is 4.32. The van der Waals surface area contributed by atoms with Gasteiger partial charge in [0.1, 0.15) is 17.7 Å². The van der Waals surface area contributed by atoms with Crippen molar-refractivity contribution >= 4 is 23.9 Å². The average Bonchev–Trinajstić information content (AvgIpc) is 2.92. The van der Waals surface area contributed by atoms with E-state index in [0.717, 1.165) is 18.4 Å². The number of unbranched alkanes of at least 4 members (excludes halogenated alkanes) is 2. The first-order valence-electron chi connectivity index (χ1n) is 14.4. The molecule has 0 fully saturated rings. The van der Waals surface area contributed by atoms with Gasteiger partial charge in [0.05, 0.1) is 13.0 Å². The molecule has 0 spiro atoms. The van der Waals surface area contributed by atoms with Crippen molar-refractivity contribution in [3.63, 3.8) is 0 Å². The molecule has 2 rings (SSSR count). The molecule has 9 heteroatoms. The molecule has 0 aliphatic carbocycles. The minimum absolute atomic E-state index is 0.0156. The average molecular weight is 568 g/mol. The summed E-state index contributed by atoms with van der Waals surface area (Å²) in [6.45, 7) is 9.67. The summed E-state index contributed by atoms with van der Waals surface area (Å²) in [5.41, 5.74) is 0.726. The predicted octanol–water partition coefficient (Wildman–Crippen LogP) is 4.95. The monoisotopic (exact) mass is 567 g/mol. The topological polar surface area (TPSA) is 114 Å². The van der Waals surface area contributed by atoms with Crippen LogP contribution in [0, 0.1) is 0 Å². The summed E-state index contributed by atoms with van der Waals surface area (Å²) in [5, 5.41) is 5.58. The van der Waals surface area contributed by atoms with E-state index in [1.807, 2.05) is 48.5 Å². The van der Waals surface area contributed by atoms with Crippen LogP contribution in [0.4, 0.5) is 4.79 Å². The summed E-state index contributed by atoms with van der Waals surface area (Å²) in [4.78, 5) is 54.3. The van der Waals surface area contributed by atoms with Gasteiger partial charge in [0.15, 0.2) is 0 Å². The molecule has 0 radical (unpaired) electrons. The molecule has 2 unspecified atom stereocenters. The van der Waals surface area contributed by atoms with Crippen molar-refractivity contribution in [1.82, 2.24) is 15.5 Å². The first-order chi connectivity index (χ1) is 19.6. The number of hydrogen-bond donors (Lipinski definition) is 2. The van der Waals surface area contributed by atoms with Crippen LogP contribution in [0.5, 0.6) is 0 Å². The van der Waals surface area contributed by atoms with Crippen LogP contribution < -0.4 is 10.6 Å². The van der Waals surface area contributed by atoms with Crippen molar-refractivity contribution < 1.29 is 28.7 Å². The molecule has 2 N–H and O–H groups in total. The van der Waals surface area contributed by atoms with Gasteiger partial charge < -0.3 is 25.0 Å². The molecule has 0 saturated carbocycles. The number of hydrogen-bond acceptors (Lipinski definition) is 6. The summed E-state index contributed by atoms with van der Waals surface area (Å²) in [7, 11) is 0. The van der Waals surface area contributed by atoms with Gasteiger partial charge in [-0.1, -0.05) is 80.4 Å². The highest BCUT2D eigenvalue weighted by molar-refractivity contribution is 5.92. The zero-order valence-corrected chi connectivity index (χ0v) is 25.0. The SMILES string of the molecule is CCCCCN(C(=O)C(Cc1ccccc1)NC(=O)OC(C)(C)C)C(C(=O)NCCC(=O)OCC)c1ccccc1. The number of alkyl carbamates (subject to hydrolysis) is 1. The third-order valence-electron chi connectivity index (χ3n) is 6.17. The molecule has 0 saturated heterocycles. The summed E-state index contributed by atoms with van der Waals surface area (Å²) in [5.74, 6) is -1.23. The molecule has 224 valence electrons. The van der Waals surface area contributed by atoms with E-state index < -0.39 is 41.6 Å². The van der Waals surface area contributed by atoms with E-state index >= 15 is 0 Å². The highest BCUT2D eigenvalue weighted by atomic mass is 16.6. The van der Waals surface area contributed by atoms with E-state index in [0.29, 0.717) is 18.5 Å². The van der Waals surface area contributed by atoms with Crippen molar-refractivity contribution in [3.05, 3.63) is 71.8 Å². The van der Waals surface area contributed by atoms with Crippen molar-refractivity contribution in [2.45, 2.75) is 84.4 Å². The maximum atomic E-state index is 14.3. The molecule has 0 bridgehead atoms. The lowest BCUT2D eigenvalue weighted by Gasteiger charge is -2.34. The van der Waals surface area contributed by atoms with Gasteiger partial charge in [0, 0.05) is 19.5 Å². The van der Waals surface area contributed by atoms with Crippen LogP contribution >= 0.6 is 0 Å². The van der Waals surface area contributed by atoms with Gasteiger partial charge in [0.2, 0.25) is 11.8 Å². The normalized spacial score (nSPS) is 12.5. The van der Waals surface area contributed by atoms with Crippen LogP contribution in [0.25, 0.3) is 0 Å². The van der Waals surface area contributed by atoms with E-state index in [9.17, 15) is 19.2 Å². The predicted molar refractivity (Wildman–Crippen MR) is 158 cm³/mol. The number of rotatable bonds is 15. The van der Waals surface area contributed by atoms with Crippen LogP contribution in [0.3, 0.4) is 0 Å². The van der Waals surface area contributed by atoms with Gasteiger partial charge in [-0.2, -0.15) is 0 Å². The van der Waals surface area contributed by atoms with E-state index in [1.165, 1.54) is 4.90 Å². The number of benzene rings is 2. The van der Waals surface area contributed by atoms with Crippen LogP contribution in [0.2, 0.25) is 0 Å². The third-order valence-corrected chi connectivity index (χ3v) is 6.17. The van der Waals surface area contributed by atoms with Crippen molar-refractivity contribution in [1.29, 1.82) is 0 Å². The quantitative estimate of drug-likeness (QED) is 0.233. The van der Waals surface area contributed by atoms with Crippen molar-refractivity contribution in [2.24, 2.45) is 0 Å². The van der Waals surface area contributed by atoms with Crippen molar-refractivity contribution in [2.75, 3.05) is 19.7 Å². The Kier molecular flexibility index (Phi) is 13.9.